The van der Waals surface area contributed by atoms with Gasteiger partial charge in [0.2, 0.25) is 0 Å². The fourth-order valence-electron chi connectivity index (χ4n) is 2.38. The van der Waals surface area contributed by atoms with E-state index in [9.17, 15) is 9.90 Å². The van der Waals surface area contributed by atoms with Crippen LogP contribution in [0.3, 0.4) is 0 Å². The third kappa shape index (κ3) is 3.62. The third-order valence-electron chi connectivity index (χ3n) is 3.46. The number of thiocarbonyl (C=S) groups is 1. The van der Waals surface area contributed by atoms with Crippen LogP contribution in [0.15, 0.2) is 42.1 Å². The van der Waals surface area contributed by atoms with Crippen molar-refractivity contribution in [3.63, 3.8) is 0 Å². The lowest BCUT2D eigenvalue weighted by Crippen LogP contribution is -2.46. The maximum absolute atomic E-state index is 12.5. The number of ether oxygens (including phenoxy) is 1. The van der Waals surface area contributed by atoms with Crippen LogP contribution < -0.4 is 20.7 Å². The molecule has 7 heteroatoms. The molecule has 1 unspecified atom stereocenters. The maximum atomic E-state index is 12.5. The summed E-state index contributed by atoms with van der Waals surface area (Å²) in [7, 11) is 1.47. The van der Waals surface area contributed by atoms with Crippen molar-refractivity contribution in [2.24, 2.45) is 0 Å². The fourth-order valence-corrected chi connectivity index (χ4v) is 2.65. The first kappa shape index (κ1) is 16.8. The van der Waals surface area contributed by atoms with Crippen molar-refractivity contribution < 1.29 is 14.6 Å². The highest BCUT2D eigenvalue weighted by Gasteiger charge is 2.30. The highest BCUT2D eigenvalue weighted by molar-refractivity contribution is 7.80. The maximum Gasteiger partial charge on any atom is 0.251 e. The van der Waals surface area contributed by atoms with E-state index in [4.69, 9.17) is 17.0 Å². The van der Waals surface area contributed by atoms with E-state index < -0.39 is 6.04 Å². The molecule has 0 radical (unpaired) electrons. The van der Waals surface area contributed by atoms with Crippen LogP contribution in [-0.2, 0) is 4.79 Å². The van der Waals surface area contributed by atoms with E-state index in [2.05, 4.69) is 22.5 Å². The molecule has 23 heavy (non-hydrogen) atoms. The van der Waals surface area contributed by atoms with Crippen LogP contribution in [0.25, 0.3) is 0 Å². The Morgan fingerprint density at radius 1 is 1.57 bits per heavy atom. The summed E-state index contributed by atoms with van der Waals surface area (Å²) in [6.45, 7) is 5.75. The lowest BCUT2D eigenvalue weighted by Gasteiger charge is -2.30. The Morgan fingerprint density at radius 3 is 2.96 bits per heavy atom. The van der Waals surface area contributed by atoms with Crippen LogP contribution >= 0.6 is 12.2 Å². The lowest BCUT2D eigenvalue weighted by molar-refractivity contribution is -0.117. The van der Waals surface area contributed by atoms with E-state index in [-0.39, 0.29) is 11.7 Å². The van der Waals surface area contributed by atoms with Gasteiger partial charge in [-0.05, 0) is 36.8 Å². The molecule has 1 atom stereocenters. The molecule has 1 aliphatic heterocycles. The van der Waals surface area contributed by atoms with Crippen LogP contribution in [0.2, 0.25) is 0 Å². The number of amides is 1. The Labute approximate surface area is 140 Å². The molecule has 122 valence electrons. The minimum Gasteiger partial charge on any atom is -0.504 e. The van der Waals surface area contributed by atoms with Gasteiger partial charge in [0.25, 0.3) is 5.91 Å². The molecule has 0 saturated heterocycles. The molecule has 0 fully saturated rings. The average molecular weight is 333 g/mol. The molecule has 1 aromatic carbocycles. The fraction of sp³-hybridized carbons (Fsp3) is 0.250. The van der Waals surface area contributed by atoms with Crippen LogP contribution in [0.1, 0.15) is 18.5 Å². The number of phenolic OH excluding ortho intramolecular Hbond substituents is 1. The zero-order chi connectivity index (χ0) is 17.0. The van der Waals surface area contributed by atoms with Gasteiger partial charge in [-0.1, -0.05) is 12.1 Å². The summed E-state index contributed by atoms with van der Waals surface area (Å²) >= 11 is 5.19. The van der Waals surface area contributed by atoms with E-state index in [0.29, 0.717) is 28.7 Å². The molecule has 1 aromatic rings. The molecule has 1 aliphatic rings. The summed E-state index contributed by atoms with van der Waals surface area (Å²) in [5, 5.41) is 19.0. The monoisotopic (exact) mass is 333 g/mol. The Hall–Kier alpha value is -2.54. The Bertz CT molecular complexity index is 685. The number of rotatable bonds is 5. The lowest BCUT2D eigenvalue weighted by atomic mass is 9.94. The summed E-state index contributed by atoms with van der Waals surface area (Å²) in [5.41, 5.74) is 1.95. The summed E-state index contributed by atoms with van der Waals surface area (Å²) in [4.78, 5) is 12.5. The molecule has 0 bridgehead atoms. The van der Waals surface area contributed by atoms with Gasteiger partial charge in [0.1, 0.15) is 0 Å². The van der Waals surface area contributed by atoms with Gasteiger partial charge in [-0.3, -0.25) is 4.79 Å². The van der Waals surface area contributed by atoms with Crippen molar-refractivity contribution in [2.45, 2.75) is 13.0 Å². The number of methoxy groups -OCH3 is 1. The standard InChI is InChI=1S/C16H19N3O3S/c1-4-7-17-15(21)13-9(2)18-16(23)19-14(13)10-5-6-11(20)12(8-10)22-3/h4-6,8,14,20H,1,7H2,2-3H3,(H,17,21)(H2,18,19,23). The molecule has 0 aromatic heterocycles. The second-order valence-corrected chi connectivity index (χ2v) is 5.41. The quantitative estimate of drug-likeness (QED) is 0.483. The van der Waals surface area contributed by atoms with E-state index in [1.165, 1.54) is 13.2 Å². The molecular weight excluding hydrogens is 314 g/mol. The average Bonchev–Trinajstić information content (AvgIpc) is 2.52. The van der Waals surface area contributed by atoms with Crippen LogP contribution in [-0.4, -0.2) is 29.8 Å². The van der Waals surface area contributed by atoms with Gasteiger partial charge < -0.3 is 25.8 Å². The van der Waals surface area contributed by atoms with Gasteiger partial charge in [-0.25, -0.2) is 0 Å². The van der Waals surface area contributed by atoms with Crippen LogP contribution in [0, 0.1) is 0 Å². The number of hydrogen-bond acceptors (Lipinski definition) is 4. The number of benzene rings is 1. The van der Waals surface area contributed by atoms with Crippen molar-refractivity contribution in [2.75, 3.05) is 13.7 Å². The summed E-state index contributed by atoms with van der Waals surface area (Å²) in [6.07, 6.45) is 1.61. The van der Waals surface area contributed by atoms with Gasteiger partial charge in [-0.15, -0.1) is 6.58 Å². The van der Waals surface area contributed by atoms with Gasteiger partial charge >= 0.3 is 0 Å². The molecular formula is C16H19N3O3S. The van der Waals surface area contributed by atoms with Crippen molar-refractivity contribution in [1.29, 1.82) is 0 Å². The SMILES string of the molecule is C=CCNC(=O)C1=C(C)NC(=S)NC1c1ccc(O)c(OC)c1. The molecule has 1 amide bonds. The number of allylic oxidation sites excluding steroid dienone is 1. The van der Waals surface area contributed by atoms with Crippen LogP contribution in [0.4, 0.5) is 0 Å². The minimum absolute atomic E-state index is 0.0334. The van der Waals surface area contributed by atoms with Crippen molar-refractivity contribution in [3.05, 3.63) is 47.7 Å². The zero-order valence-corrected chi connectivity index (χ0v) is 13.8. The topological polar surface area (TPSA) is 82.6 Å². The third-order valence-corrected chi connectivity index (χ3v) is 3.68. The summed E-state index contributed by atoms with van der Waals surface area (Å²) in [6, 6.07) is 4.48. The minimum atomic E-state index is -0.442. The number of nitrogens with one attached hydrogen (secondary N) is 3. The molecule has 0 saturated carbocycles. The van der Waals surface area contributed by atoms with Gasteiger partial charge in [0.15, 0.2) is 16.6 Å². The molecule has 1 heterocycles. The van der Waals surface area contributed by atoms with Gasteiger partial charge in [0.05, 0.1) is 18.7 Å². The predicted molar refractivity (Wildman–Crippen MR) is 92.2 cm³/mol. The smallest absolute Gasteiger partial charge is 0.251 e. The van der Waals surface area contributed by atoms with E-state index in [0.717, 1.165) is 5.56 Å². The zero-order valence-electron chi connectivity index (χ0n) is 13.0. The van der Waals surface area contributed by atoms with E-state index in [1.807, 2.05) is 0 Å². The molecule has 0 spiro atoms. The normalized spacial score (nSPS) is 17.1. The molecule has 2 rings (SSSR count). The first-order valence-electron chi connectivity index (χ1n) is 7.02. The molecule has 6 nitrogen and oxygen atoms in total. The Balaban J connectivity index is 2.44. The molecule has 0 aliphatic carbocycles. The van der Waals surface area contributed by atoms with Crippen molar-refractivity contribution in [1.82, 2.24) is 16.0 Å². The van der Waals surface area contributed by atoms with Gasteiger partial charge in [0, 0.05) is 12.2 Å². The molecule has 4 N–H and O–H groups in total. The Kier molecular flexibility index (Phi) is 5.23. The highest BCUT2D eigenvalue weighted by Crippen LogP contribution is 2.33. The number of hydrogen-bond donors (Lipinski definition) is 4. The number of aromatic hydroxyl groups is 1. The summed E-state index contributed by atoms with van der Waals surface area (Å²) in [5.74, 6) is 0.144. The van der Waals surface area contributed by atoms with Crippen LogP contribution in [0.5, 0.6) is 11.5 Å². The van der Waals surface area contributed by atoms with Gasteiger partial charge in [-0.2, -0.15) is 0 Å². The Morgan fingerprint density at radius 2 is 2.30 bits per heavy atom. The second-order valence-electron chi connectivity index (χ2n) is 5.00. The van der Waals surface area contributed by atoms with Crippen molar-refractivity contribution >= 4 is 23.2 Å². The highest BCUT2D eigenvalue weighted by atomic mass is 32.1. The summed E-state index contributed by atoms with van der Waals surface area (Å²) < 4.78 is 5.13. The first-order chi connectivity index (χ1) is 11.0. The van der Waals surface area contributed by atoms with E-state index >= 15 is 0 Å². The van der Waals surface area contributed by atoms with E-state index in [1.54, 1.807) is 25.1 Å². The number of phenols is 1. The second kappa shape index (κ2) is 7.15. The predicted octanol–water partition coefficient (Wildman–Crippen LogP) is 1.50. The van der Waals surface area contributed by atoms with Crippen molar-refractivity contribution in [3.8, 4) is 11.5 Å². The number of carbonyl (C=O) groups excluding carboxylic acids is 1. The largest absolute Gasteiger partial charge is 0.504 e. The first-order valence-corrected chi connectivity index (χ1v) is 7.43. The number of carbonyl (C=O) groups is 1.